The maximum atomic E-state index is 5.84. The summed E-state index contributed by atoms with van der Waals surface area (Å²) in [4.78, 5) is 0. The highest BCUT2D eigenvalue weighted by atomic mass is 16.5. The predicted molar refractivity (Wildman–Crippen MR) is 63.8 cm³/mol. The summed E-state index contributed by atoms with van der Waals surface area (Å²) in [5.41, 5.74) is 5.92. The zero-order valence-electron chi connectivity index (χ0n) is 10.4. The van der Waals surface area contributed by atoms with Crippen molar-refractivity contribution in [1.82, 2.24) is 5.32 Å². The van der Waals surface area contributed by atoms with E-state index in [4.69, 9.17) is 10.5 Å². The van der Waals surface area contributed by atoms with Crippen LogP contribution in [0, 0.1) is 11.8 Å². The van der Waals surface area contributed by atoms with Crippen LogP contribution in [0.2, 0.25) is 0 Å². The van der Waals surface area contributed by atoms with E-state index in [9.17, 15) is 0 Å². The van der Waals surface area contributed by atoms with Crippen LogP contribution < -0.4 is 11.1 Å². The third-order valence-electron chi connectivity index (χ3n) is 3.83. The summed E-state index contributed by atoms with van der Waals surface area (Å²) in [6.07, 6.45) is 2.37. The van der Waals surface area contributed by atoms with E-state index in [2.05, 4.69) is 26.1 Å². The fourth-order valence-corrected chi connectivity index (χ4v) is 1.84. The standard InChI is InChI=1S/C12H26N2O/c1-10(2)12(3,9-13)14-8-11-4-6-15-7-5-11/h10-11,14H,4-9,13H2,1-3H3. The Bertz CT molecular complexity index is 178. The molecule has 0 saturated carbocycles. The summed E-state index contributed by atoms with van der Waals surface area (Å²) in [5.74, 6) is 1.34. The molecule has 1 unspecified atom stereocenters. The third kappa shape index (κ3) is 3.74. The highest BCUT2D eigenvalue weighted by Gasteiger charge is 2.27. The van der Waals surface area contributed by atoms with Crippen LogP contribution in [0.1, 0.15) is 33.6 Å². The van der Waals surface area contributed by atoms with Crippen molar-refractivity contribution in [3.8, 4) is 0 Å². The second-order valence-corrected chi connectivity index (χ2v) is 5.21. The first-order valence-electron chi connectivity index (χ1n) is 6.11. The Morgan fingerprint density at radius 1 is 1.40 bits per heavy atom. The molecule has 0 radical (unpaired) electrons. The van der Waals surface area contributed by atoms with Gasteiger partial charge in [-0.25, -0.2) is 0 Å². The monoisotopic (exact) mass is 214 g/mol. The van der Waals surface area contributed by atoms with Gasteiger partial charge < -0.3 is 15.8 Å². The van der Waals surface area contributed by atoms with Gasteiger partial charge in [0.25, 0.3) is 0 Å². The van der Waals surface area contributed by atoms with Crippen molar-refractivity contribution in [2.75, 3.05) is 26.3 Å². The van der Waals surface area contributed by atoms with E-state index >= 15 is 0 Å². The molecule has 15 heavy (non-hydrogen) atoms. The third-order valence-corrected chi connectivity index (χ3v) is 3.83. The van der Waals surface area contributed by atoms with E-state index in [1.807, 2.05) is 0 Å². The van der Waals surface area contributed by atoms with Crippen LogP contribution in [0.25, 0.3) is 0 Å². The normalized spacial score (nSPS) is 23.0. The van der Waals surface area contributed by atoms with Crippen LogP contribution >= 0.6 is 0 Å². The summed E-state index contributed by atoms with van der Waals surface area (Å²) >= 11 is 0. The molecule has 0 spiro atoms. The van der Waals surface area contributed by atoms with Gasteiger partial charge in [-0.2, -0.15) is 0 Å². The van der Waals surface area contributed by atoms with Gasteiger partial charge in [0.05, 0.1) is 0 Å². The molecule has 3 nitrogen and oxygen atoms in total. The van der Waals surface area contributed by atoms with Crippen molar-refractivity contribution in [2.45, 2.75) is 39.2 Å². The fraction of sp³-hybridized carbons (Fsp3) is 1.00. The molecule has 0 aliphatic carbocycles. The topological polar surface area (TPSA) is 47.3 Å². The number of hydrogen-bond donors (Lipinski definition) is 2. The molecule has 1 heterocycles. The minimum Gasteiger partial charge on any atom is -0.381 e. The van der Waals surface area contributed by atoms with Gasteiger partial charge in [0, 0.05) is 25.3 Å². The van der Waals surface area contributed by atoms with Gasteiger partial charge in [-0.15, -0.1) is 0 Å². The lowest BCUT2D eigenvalue weighted by atomic mass is 9.87. The lowest BCUT2D eigenvalue weighted by Gasteiger charge is -2.36. The Labute approximate surface area is 93.8 Å². The highest BCUT2D eigenvalue weighted by Crippen LogP contribution is 2.18. The smallest absolute Gasteiger partial charge is 0.0469 e. The molecule has 1 aliphatic heterocycles. The van der Waals surface area contributed by atoms with Crippen LogP contribution in [0.15, 0.2) is 0 Å². The van der Waals surface area contributed by atoms with E-state index in [1.54, 1.807) is 0 Å². The van der Waals surface area contributed by atoms with E-state index < -0.39 is 0 Å². The molecule has 0 bridgehead atoms. The van der Waals surface area contributed by atoms with E-state index in [-0.39, 0.29) is 5.54 Å². The number of hydrogen-bond acceptors (Lipinski definition) is 3. The second-order valence-electron chi connectivity index (χ2n) is 5.21. The maximum Gasteiger partial charge on any atom is 0.0469 e. The van der Waals surface area contributed by atoms with Gasteiger partial charge in [-0.05, 0) is 38.1 Å². The van der Waals surface area contributed by atoms with Crippen molar-refractivity contribution >= 4 is 0 Å². The van der Waals surface area contributed by atoms with Crippen molar-refractivity contribution in [1.29, 1.82) is 0 Å². The molecule has 1 atom stereocenters. The van der Waals surface area contributed by atoms with Crippen molar-refractivity contribution in [3.63, 3.8) is 0 Å². The number of nitrogens with one attached hydrogen (secondary N) is 1. The lowest BCUT2D eigenvalue weighted by molar-refractivity contribution is 0.0625. The molecule has 1 aliphatic rings. The number of rotatable bonds is 5. The average Bonchev–Trinajstić information content (AvgIpc) is 2.27. The largest absolute Gasteiger partial charge is 0.381 e. The number of nitrogens with two attached hydrogens (primary N) is 1. The Morgan fingerprint density at radius 3 is 2.47 bits per heavy atom. The molecule has 3 N–H and O–H groups in total. The summed E-state index contributed by atoms with van der Waals surface area (Å²) in [7, 11) is 0. The molecular formula is C12H26N2O. The average molecular weight is 214 g/mol. The minimum atomic E-state index is 0.0817. The molecule has 1 fully saturated rings. The molecule has 1 rings (SSSR count). The van der Waals surface area contributed by atoms with Crippen LogP contribution in [0.5, 0.6) is 0 Å². The molecule has 0 aromatic heterocycles. The Hall–Kier alpha value is -0.120. The quantitative estimate of drug-likeness (QED) is 0.727. The van der Waals surface area contributed by atoms with Gasteiger partial charge in [0.1, 0.15) is 0 Å². The van der Waals surface area contributed by atoms with Crippen molar-refractivity contribution in [2.24, 2.45) is 17.6 Å². The van der Waals surface area contributed by atoms with Gasteiger partial charge in [-0.1, -0.05) is 13.8 Å². The minimum absolute atomic E-state index is 0.0817. The second kappa shape index (κ2) is 5.83. The van der Waals surface area contributed by atoms with E-state index in [0.29, 0.717) is 12.5 Å². The van der Waals surface area contributed by atoms with E-state index in [0.717, 1.165) is 25.7 Å². The molecule has 0 aromatic carbocycles. The Kier molecular flexibility index (Phi) is 5.03. The molecular weight excluding hydrogens is 188 g/mol. The first-order valence-corrected chi connectivity index (χ1v) is 6.11. The van der Waals surface area contributed by atoms with Crippen LogP contribution in [0.4, 0.5) is 0 Å². The Balaban J connectivity index is 2.32. The van der Waals surface area contributed by atoms with Crippen molar-refractivity contribution in [3.05, 3.63) is 0 Å². The molecule has 0 amide bonds. The zero-order chi connectivity index (χ0) is 11.3. The van der Waals surface area contributed by atoms with Crippen LogP contribution in [0.3, 0.4) is 0 Å². The van der Waals surface area contributed by atoms with Gasteiger partial charge in [0.15, 0.2) is 0 Å². The molecule has 0 aromatic rings. The Morgan fingerprint density at radius 2 is 2.00 bits per heavy atom. The predicted octanol–water partition coefficient (Wildman–Crippen LogP) is 1.38. The molecule has 1 saturated heterocycles. The highest BCUT2D eigenvalue weighted by molar-refractivity contribution is 4.88. The summed E-state index contributed by atoms with van der Waals surface area (Å²) in [6, 6.07) is 0. The lowest BCUT2D eigenvalue weighted by Crippen LogP contribution is -2.54. The summed E-state index contributed by atoms with van der Waals surface area (Å²) < 4.78 is 5.35. The molecule has 90 valence electrons. The summed E-state index contributed by atoms with van der Waals surface area (Å²) in [5, 5.41) is 3.63. The van der Waals surface area contributed by atoms with Gasteiger partial charge in [-0.3, -0.25) is 0 Å². The SMILES string of the molecule is CC(C)C(C)(CN)NCC1CCOCC1. The first kappa shape index (κ1) is 12.9. The van der Waals surface area contributed by atoms with Crippen LogP contribution in [-0.4, -0.2) is 31.8 Å². The number of ether oxygens (including phenoxy) is 1. The van der Waals surface area contributed by atoms with Gasteiger partial charge in [0.2, 0.25) is 0 Å². The molecule has 3 heteroatoms. The van der Waals surface area contributed by atoms with Crippen LogP contribution in [-0.2, 0) is 4.74 Å². The zero-order valence-corrected chi connectivity index (χ0v) is 10.4. The fourth-order valence-electron chi connectivity index (χ4n) is 1.84. The maximum absolute atomic E-state index is 5.84. The van der Waals surface area contributed by atoms with E-state index in [1.165, 1.54) is 12.8 Å². The van der Waals surface area contributed by atoms with Gasteiger partial charge >= 0.3 is 0 Å². The first-order chi connectivity index (χ1) is 7.08. The van der Waals surface area contributed by atoms with Crippen molar-refractivity contribution < 1.29 is 4.74 Å². The summed E-state index contributed by atoms with van der Waals surface area (Å²) in [6.45, 7) is 10.3.